The minimum atomic E-state index is -0.255. The van der Waals surface area contributed by atoms with Crippen molar-refractivity contribution in [2.75, 3.05) is 5.73 Å². The lowest BCUT2D eigenvalue weighted by atomic mass is 10.0. The normalized spacial score (nSPS) is 18.2. The van der Waals surface area contributed by atoms with E-state index in [1.165, 1.54) is 12.5 Å². The number of ether oxygens (including phenoxy) is 1. The molecule has 2 N–H and O–H groups in total. The van der Waals surface area contributed by atoms with Crippen LogP contribution in [-0.4, -0.2) is 11.0 Å². The minimum Gasteiger partial charge on any atom is -0.456 e. The Balaban J connectivity index is 2.38. The van der Waals surface area contributed by atoms with Gasteiger partial charge in [0.15, 0.2) is 0 Å². The first kappa shape index (κ1) is 10.9. The van der Waals surface area contributed by atoms with Crippen molar-refractivity contribution in [3.05, 3.63) is 23.0 Å². The van der Waals surface area contributed by atoms with E-state index in [0.29, 0.717) is 0 Å². The van der Waals surface area contributed by atoms with Crippen LogP contribution in [-0.2, 0) is 22.4 Å². The van der Waals surface area contributed by atoms with Crippen molar-refractivity contribution in [1.82, 2.24) is 4.98 Å². The molecule has 1 aromatic rings. The molecular weight excluding hydrogens is 204 g/mol. The molecular formula is C12H16N2O2. The molecule has 0 spiro atoms. The fraction of sp³-hybridized carbons (Fsp3) is 0.500. The van der Waals surface area contributed by atoms with Crippen molar-refractivity contribution in [2.24, 2.45) is 0 Å². The summed E-state index contributed by atoms with van der Waals surface area (Å²) in [5, 5.41) is 0. The van der Waals surface area contributed by atoms with E-state index in [1.54, 1.807) is 6.20 Å². The monoisotopic (exact) mass is 220 g/mol. The van der Waals surface area contributed by atoms with E-state index in [4.69, 9.17) is 10.5 Å². The van der Waals surface area contributed by atoms with Crippen molar-refractivity contribution in [1.29, 1.82) is 0 Å². The van der Waals surface area contributed by atoms with Crippen molar-refractivity contribution >= 4 is 11.7 Å². The summed E-state index contributed by atoms with van der Waals surface area (Å²) in [7, 11) is 0. The quantitative estimate of drug-likeness (QED) is 0.771. The Morgan fingerprint density at radius 3 is 3.06 bits per heavy atom. The molecule has 0 bridgehead atoms. The third kappa shape index (κ3) is 1.75. The number of nitrogens with two attached hydrogens (primary N) is 1. The van der Waals surface area contributed by atoms with Gasteiger partial charge in [-0.05, 0) is 30.4 Å². The molecule has 1 atom stereocenters. The number of hydrogen-bond donors (Lipinski definition) is 1. The summed E-state index contributed by atoms with van der Waals surface area (Å²) in [6, 6.07) is 0. The van der Waals surface area contributed by atoms with Gasteiger partial charge in [0.1, 0.15) is 6.10 Å². The van der Waals surface area contributed by atoms with Crippen molar-refractivity contribution < 1.29 is 9.53 Å². The van der Waals surface area contributed by atoms with E-state index in [0.717, 1.165) is 36.2 Å². The molecule has 0 saturated heterocycles. The highest BCUT2D eigenvalue weighted by atomic mass is 16.5. The molecule has 4 heteroatoms. The minimum absolute atomic E-state index is 0.182. The van der Waals surface area contributed by atoms with Crippen molar-refractivity contribution in [3.63, 3.8) is 0 Å². The van der Waals surface area contributed by atoms with Crippen LogP contribution in [0.2, 0.25) is 0 Å². The number of nitrogen functional groups attached to an aromatic ring is 1. The first-order chi connectivity index (χ1) is 7.63. The second kappa shape index (κ2) is 4.12. The second-order valence-corrected chi connectivity index (χ2v) is 4.05. The molecule has 0 saturated carbocycles. The second-order valence-electron chi connectivity index (χ2n) is 4.05. The number of nitrogens with zero attached hydrogens (tertiary/aromatic N) is 1. The summed E-state index contributed by atoms with van der Waals surface area (Å²) in [6.07, 6.45) is 4.09. The Labute approximate surface area is 94.8 Å². The van der Waals surface area contributed by atoms with Gasteiger partial charge in [0.05, 0.1) is 17.6 Å². The molecule has 2 rings (SSSR count). The lowest BCUT2D eigenvalue weighted by molar-refractivity contribution is -0.146. The number of rotatable bonds is 2. The predicted molar refractivity (Wildman–Crippen MR) is 60.9 cm³/mol. The molecule has 1 heterocycles. The van der Waals surface area contributed by atoms with E-state index >= 15 is 0 Å². The molecule has 1 unspecified atom stereocenters. The standard InChI is InChI=1S/C12H16N2O2/c1-3-8-9-4-5-11(16-7(2)15)12(9)14-6-10(8)13/h6,11H,3-5,13H2,1-2H3. The fourth-order valence-electron chi connectivity index (χ4n) is 2.32. The summed E-state index contributed by atoms with van der Waals surface area (Å²) < 4.78 is 5.23. The van der Waals surface area contributed by atoms with Crippen LogP contribution in [0.4, 0.5) is 5.69 Å². The highest BCUT2D eigenvalue weighted by Gasteiger charge is 2.28. The number of anilines is 1. The molecule has 1 aliphatic rings. The zero-order valence-corrected chi connectivity index (χ0v) is 9.62. The molecule has 0 radical (unpaired) electrons. The van der Waals surface area contributed by atoms with Gasteiger partial charge in [0.2, 0.25) is 0 Å². The third-order valence-electron chi connectivity index (χ3n) is 2.99. The summed E-state index contributed by atoms with van der Waals surface area (Å²) >= 11 is 0. The van der Waals surface area contributed by atoms with Crippen LogP contribution in [0.5, 0.6) is 0 Å². The Bertz CT molecular complexity index is 429. The number of fused-ring (bicyclic) bond motifs is 1. The van der Waals surface area contributed by atoms with Crippen LogP contribution in [0.15, 0.2) is 6.20 Å². The molecule has 0 fully saturated rings. The number of carbonyl (C=O) groups is 1. The Morgan fingerprint density at radius 1 is 1.69 bits per heavy atom. The van der Waals surface area contributed by atoms with Gasteiger partial charge >= 0.3 is 5.97 Å². The average Bonchev–Trinajstić information content (AvgIpc) is 2.60. The van der Waals surface area contributed by atoms with Crippen LogP contribution < -0.4 is 5.73 Å². The topological polar surface area (TPSA) is 65.2 Å². The Morgan fingerprint density at radius 2 is 2.44 bits per heavy atom. The maximum Gasteiger partial charge on any atom is 0.303 e. The SMILES string of the molecule is CCc1c(N)cnc2c1CCC2OC(C)=O. The lowest BCUT2D eigenvalue weighted by Crippen LogP contribution is -2.08. The molecule has 4 nitrogen and oxygen atoms in total. The number of carbonyl (C=O) groups excluding carboxylic acids is 1. The van der Waals surface area contributed by atoms with Gasteiger partial charge in [0.25, 0.3) is 0 Å². The molecule has 1 aliphatic carbocycles. The third-order valence-corrected chi connectivity index (χ3v) is 2.99. The van der Waals surface area contributed by atoms with Gasteiger partial charge in [-0.15, -0.1) is 0 Å². The molecule has 1 aromatic heterocycles. The van der Waals surface area contributed by atoms with E-state index in [-0.39, 0.29) is 12.1 Å². The van der Waals surface area contributed by atoms with E-state index in [2.05, 4.69) is 11.9 Å². The first-order valence-electron chi connectivity index (χ1n) is 5.56. The van der Waals surface area contributed by atoms with Gasteiger partial charge in [-0.2, -0.15) is 0 Å². The smallest absolute Gasteiger partial charge is 0.303 e. The van der Waals surface area contributed by atoms with Crippen LogP contribution in [0.25, 0.3) is 0 Å². The summed E-state index contributed by atoms with van der Waals surface area (Å²) in [5.41, 5.74) is 9.84. The lowest BCUT2D eigenvalue weighted by Gasteiger charge is -2.12. The predicted octanol–water partition coefficient (Wildman–Crippen LogP) is 1.78. The first-order valence-corrected chi connectivity index (χ1v) is 5.56. The molecule has 0 aliphatic heterocycles. The highest BCUT2D eigenvalue weighted by Crippen LogP contribution is 2.36. The number of hydrogen-bond acceptors (Lipinski definition) is 4. The number of pyridine rings is 1. The number of aromatic nitrogens is 1. The maximum atomic E-state index is 11.0. The van der Waals surface area contributed by atoms with Gasteiger partial charge in [-0.1, -0.05) is 6.92 Å². The Hall–Kier alpha value is -1.58. The average molecular weight is 220 g/mol. The largest absolute Gasteiger partial charge is 0.456 e. The zero-order chi connectivity index (χ0) is 11.7. The van der Waals surface area contributed by atoms with E-state index < -0.39 is 0 Å². The van der Waals surface area contributed by atoms with Gasteiger partial charge < -0.3 is 10.5 Å². The van der Waals surface area contributed by atoms with Crippen LogP contribution >= 0.6 is 0 Å². The van der Waals surface area contributed by atoms with E-state index in [1.807, 2.05) is 0 Å². The molecule has 16 heavy (non-hydrogen) atoms. The number of esters is 1. The van der Waals surface area contributed by atoms with Crippen LogP contribution in [0, 0.1) is 0 Å². The molecule has 0 aromatic carbocycles. The molecule has 86 valence electrons. The highest BCUT2D eigenvalue weighted by molar-refractivity contribution is 5.66. The molecule has 0 amide bonds. The Kier molecular flexibility index (Phi) is 2.81. The summed E-state index contributed by atoms with van der Waals surface area (Å²) in [5.74, 6) is -0.255. The fourth-order valence-corrected chi connectivity index (χ4v) is 2.32. The van der Waals surface area contributed by atoms with Crippen LogP contribution in [0.1, 0.15) is 43.2 Å². The van der Waals surface area contributed by atoms with Crippen molar-refractivity contribution in [3.8, 4) is 0 Å². The van der Waals surface area contributed by atoms with E-state index in [9.17, 15) is 4.79 Å². The van der Waals surface area contributed by atoms with Crippen molar-refractivity contribution in [2.45, 2.75) is 39.2 Å². The van der Waals surface area contributed by atoms with Crippen LogP contribution in [0.3, 0.4) is 0 Å². The summed E-state index contributed by atoms with van der Waals surface area (Å²) in [4.78, 5) is 15.3. The zero-order valence-electron chi connectivity index (χ0n) is 9.62. The summed E-state index contributed by atoms with van der Waals surface area (Å²) in [6.45, 7) is 3.50. The van der Waals surface area contributed by atoms with Gasteiger partial charge in [-0.3, -0.25) is 9.78 Å². The van der Waals surface area contributed by atoms with Gasteiger partial charge in [0, 0.05) is 6.92 Å². The maximum absolute atomic E-state index is 11.0. The van der Waals surface area contributed by atoms with Gasteiger partial charge in [-0.25, -0.2) is 0 Å².